The maximum absolute atomic E-state index is 12.0. The summed E-state index contributed by atoms with van der Waals surface area (Å²) in [6.45, 7) is 5.21. The van der Waals surface area contributed by atoms with Crippen LogP contribution in [0.4, 0.5) is 11.4 Å². The van der Waals surface area contributed by atoms with E-state index in [1.165, 1.54) is 38.0 Å². The number of fused-ring (bicyclic) bond motifs is 2. The molecule has 2 fully saturated rings. The Labute approximate surface area is 125 Å². The van der Waals surface area contributed by atoms with Crippen LogP contribution in [0, 0.1) is 11.8 Å². The second-order valence-electron chi connectivity index (χ2n) is 6.61. The van der Waals surface area contributed by atoms with Gasteiger partial charge in [0.2, 0.25) is 5.91 Å². The van der Waals surface area contributed by atoms with Crippen LogP contribution in [0.1, 0.15) is 37.8 Å². The number of hydrogen-bond acceptors (Lipinski definition) is 3. The van der Waals surface area contributed by atoms with Crippen molar-refractivity contribution in [3.63, 3.8) is 0 Å². The van der Waals surface area contributed by atoms with Gasteiger partial charge in [0.1, 0.15) is 6.04 Å². The minimum absolute atomic E-state index is 0.0716. The van der Waals surface area contributed by atoms with Crippen molar-refractivity contribution in [1.82, 2.24) is 5.32 Å². The van der Waals surface area contributed by atoms with Crippen LogP contribution >= 0.6 is 0 Å². The normalized spacial score (nSPS) is 30.4. The van der Waals surface area contributed by atoms with Gasteiger partial charge in [0.25, 0.3) is 0 Å². The van der Waals surface area contributed by atoms with Crippen molar-refractivity contribution in [2.75, 3.05) is 29.9 Å². The van der Waals surface area contributed by atoms with E-state index in [2.05, 4.69) is 33.7 Å². The predicted octanol–water partition coefficient (Wildman–Crippen LogP) is 2.53. The summed E-state index contributed by atoms with van der Waals surface area (Å²) in [5.74, 6) is 1.85. The molecule has 4 nitrogen and oxygen atoms in total. The van der Waals surface area contributed by atoms with Crippen molar-refractivity contribution >= 4 is 17.3 Å². The molecule has 112 valence electrons. The molecule has 0 aromatic heterocycles. The Kier molecular flexibility index (Phi) is 3.14. The third kappa shape index (κ3) is 2.13. The van der Waals surface area contributed by atoms with E-state index in [-0.39, 0.29) is 11.9 Å². The molecule has 1 amide bonds. The van der Waals surface area contributed by atoms with Crippen LogP contribution in [0.25, 0.3) is 0 Å². The van der Waals surface area contributed by atoms with Crippen LogP contribution in [0.3, 0.4) is 0 Å². The Bertz CT molecular complexity index is 559. The van der Waals surface area contributed by atoms with Crippen molar-refractivity contribution in [2.24, 2.45) is 11.8 Å². The first-order chi connectivity index (χ1) is 10.3. The Hall–Kier alpha value is -1.55. The molecule has 4 rings (SSSR count). The summed E-state index contributed by atoms with van der Waals surface area (Å²) >= 11 is 0. The topological polar surface area (TPSA) is 44.4 Å². The molecule has 1 saturated heterocycles. The lowest BCUT2D eigenvalue weighted by Gasteiger charge is -2.20. The van der Waals surface area contributed by atoms with Gasteiger partial charge in [-0.05, 0) is 43.4 Å². The lowest BCUT2D eigenvalue weighted by Crippen LogP contribution is -2.27. The van der Waals surface area contributed by atoms with Gasteiger partial charge in [-0.2, -0.15) is 0 Å². The zero-order valence-electron chi connectivity index (χ0n) is 12.6. The Balaban J connectivity index is 1.57. The third-order valence-corrected chi connectivity index (χ3v) is 5.37. The van der Waals surface area contributed by atoms with Gasteiger partial charge in [-0.3, -0.25) is 4.79 Å². The number of nitrogens with zero attached hydrogens (tertiary/aromatic N) is 1. The highest BCUT2D eigenvalue weighted by atomic mass is 16.2. The molecule has 1 aromatic carbocycles. The Morgan fingerprint density at radius 2 is 2.05 bits per heavy atom. The highest BCUT2D eigenvalue weighted by molar-refractivity contribution is 6.03. The third-order valence-electron chi connectivity index (χ3n) is 5.37. The van der Waals surface area contributed by atoms with Crippen molar-refractivity contribution in [3.05, 3.63) is 23.8 Å². The molecule has 3 atom stereocenters. The molecule has 2 heterocycles. The summed E-state index contributed by atoms with van der Waals surface area (Å²) in [4.78, 5) is 14.5. The molecule has 0 bridgehead atoms. The zero-order chi connectivity index (χ0) is 14.4. The molecule has 2 aliphatic heterocycles. The average molecular weight is 285 g/mol. The van der Waals surface area contributed by atoms with Gasteiger partial charge in [0.15, 0.2) is 0 Å². The zero-order valence-corrected chi connectivity index (χ0v) is 12.6. The number of carbonyl (C=O) groups is 1. The number of hydrogen-bond donors (Lipinski definition) is 2. The van der Waals surface area contributed by atoms with Crippen LogP contribution in [0.2, 0.25) is 0 Å². The van der Waals surface area contributed by atoms with Crippen LogP contribution in [0.5, 0.6) is 0 Å². The first-order valence-electron chi connectivity index (χ1n) is 8.19. The number of carbonyl (C=O) groups excluding carboxylic acids is 1. The molecular formula is C17H23N3O. The van der Waals surface area contributed by atoms with Crippen molar-refractivity contribution in [2.45, 2.75) is 32.2 Å². The van der Waals surface area contributed by atoms with Crippen LogP contribution in [-0.2, 0) is 4.79 Å². The fraction of sp³-hybridized carbons (Fsp3) is 0.588. The van der Waals surface area contributed by atoms with E-state index in [0.29, 0.717) is 0 Å². The molecule has 21 heavy (non-hydrogen) atoms. The predicted molar refractivity (Wildman–Crippen MR) is 84.5 cm³/mol. The number of nitrogens with one attached hydrogen (secondary N) is 2. The molecular weight excluding hydrogens is 262 g/mol. The van der Waals surface area contributed by atoms with Crippen LogP contribution in [-0.4, -0.2) is 25.5 Å². The first kappa shape index (κ1) is 13.1. The van der Waals surface area contributed by atoms with Crippen LogP contribution < -0.4 is 15.5 Å². The first-order valence-corrected chi connectivity index (χ1v) is 8.19. The van der Waals surface area contributed by atoms with E-state index in [1.807, 2.05) is 6.92 Å². The molecule has 1 aliphatic carbocycles. The second-order valence-corrected chi connectivity index (χ2v) is 6.61. The van der Waals surface area contributed by atoms with E-state index in [9.17, 15) is 4.79 Å². The summed E-state index contributed by atoms with van der Waals surface area (Å²) in [6, 6.07) is 6.28. The summed E-state index contributed by atoms with van der Waals surface area (Å²) in [5, 5.41) is 6.26. The van der Waals surface area contributed by atoms with Gasteiger partial charge >= 0.3 is 0 Å². The standard InChI is InChI=1S/C17H23N3O/c1-2-18-16-14-7-6-13(8-15(14)19-17(16)21)20-9-11-4-3-5-12(11)10-20/h6-8,11-12,16,18H,2-5,9-10H2,1H3,(H,19,21). The maximum atomic E-state index is 12.0. The van der Waals surface area contributed by atoms with Crippen molar-refractivity contribution in [1.29, 1.82) is 0 Å². The van der Waals surface area contributed by atoms with Crippen LogP contribution in [0.15, 0.2) is 18.2 Å². The number of anilines is 2. The lowest BCUT2D eigenvalue weighted by molar-refractivity contribution is -0.117. The monoisotopic (exact) mass is 285 g/mol. The molecule has 3 unspecified atom stereocenters. The lowest BCUT2D eigenvalue weighted by atomic mass is 10.0. The summed E-state index contributed by atoms with van der Waals surface area (Å²) in [5.41, 5.74) is 3.34. The Morgan fingerprint density at radius 1 is 1.29 bits per heavy atom. The number of benzene rings is 1. The van der Waals surface area contributed by atoms with E-state index in [4.69, 9.17) is 0 Å². The number of amides is 1. The van der Waals surface area contributed by atoms with Gasteiger partial charge in [-0.15, -0.1) is 0 Å². The maximum Gasteiger partial charge on any atom is 0.246 e. The van der Waals surface area contributed by atoms with Gasteiger partial charge in [0, 0.05) is 30.0 Å². The fourth-order valence-corrected chi connectivity index (χ4v) is 4.30. The molecule has 1 saturated carbocycles. The smallest absolute Gasteiger partial charge is 0.246 e. The summed E-state index contributed by atoms with van der Waals surface area (Å²) in [7, 11) is 0. The van der Waals surface area contributed by atoms with Gasteiger partial charge < -0.3 is 15.5 Å². The highest BCUT2D eigenvalue weighted by Gasteiger charge is 2.37. The van der Waals surface area contributed by atoms with Crippen molar-refractivity contribution in [3.8, 4) is 0 Å². The van der Waals surface area contributed by atoms with Crippen molar-refractivity contribution < 1.29 is 4.79 Å². The van der Waals surface area contributed by atoms with E-state index in [1.54, 1.807) is 0 Å². The highest BCUT2D eigenvalue weighted by Crippen LogP contribution is 2.41. The van der Waals surface area contributed by atoms with Gasteiger partial charge in [0.05, 0.1) is 0 Å². The van der Waals surface area contributed by atoms with E-state index in [0.717, 1.165) is 29.6 Å². The minimum Gasteiger partial charge on any atom is -0.371 e. The van der Waals surface area contributed by atoms with Gasteiger partial charge in [-0.1, -0.05) is 19.4 Å². The molecule has 2 N–H and O–H groups in total. The molecule has 4 heteroatoms. The summed E-state index contributed by atoms with van der Waals surface area (Å²) < 4.78 is 0. The largest absolute Gasteiger partial charge is 0.371 e. The molecule has 0 radical (unpaired) electrons. The van der Waals surface area contributed by atoms with E-state index >= 15 is 0 Å². The Morgan fingerprint density at radius 3 is 2.76 bits per heavy atom. The number of rotatable bonds is 3. The van der Waals surface area contributed by atoms with Gasteiger partial charge in [-0.25, -0.2) is 0 Å². The average Bonchev–Trinajstić information content (AvgIpc) is 3.12. The van der Waals surface area contributed by atoms with E-state index < -0.39 is 0 Å². The SMILES string of the molecule is CCNC1C(=O)Nc2cc(N3CC4CCCC4C3)ccc21. The molecule has 3 aliphatic rings. The molecule has 0 spiro atoms. The summed E-state index contributed by atoms with van der Waals surface area (Å²) in [6.07, 6.45) is 4.20. The molecule has 1 aromatic rings. The second kappa shape index (κ2) is 5.02. The quantitative estimate of drug-likeness (QED) is 0.897. The number of likely N-dealkylation sites (N-methyl/N-ethyl adjacent to an activating group) is 1. The minimum atomic E-state index is -0.183. The fourth-order valence-electron chi connectivity index (χ4n) is 4.30.